The molecule has 0 saturated heterocycles. The summed E-state index contributed by atoms with van der Waals surface area (Å²) in [5.74, 6) is 0. The van der Waals surface area contributed by atoms with Crippen molar-refractivity contribution in [2.75, 3.05) is 0 Å². The fourth-order valence-corrected chi connectivity index (χ4v) is 0.656. The van der Waals surface area contributed by atoms with Gasteiger partial charge in [-0.05, 0) is 13.3 Å². The summed E-state index contributed by atoms with van der Waals surface area (Å²) in [6.45, 7) is 5.76. The highest BCUT2D eigenvalue weighted by Crippen LogP contribution is 1.99. The SMILES string of the molecule is C=CC/C=C\C(C)I. The molecule has 0 aromatic carbocycles. The Morgan fingerprint density at radius 2 is 2.38 bits per heavy atom. The molecule has 1 heteroatoms. The summed E-state index contributed by atoms with van der Waals surface area (Å²) in [6, 6.07) is 0. The summed E-state index contributed by atoms with van der Waals surface area (Å²) in [6.07, 6.45) is 7.19. The molecule has 8 heavy (non-hydrogen) atoms. The molecule has 0 rings (SSSR count). The van der Waals surface area contributed by atoms with Gasteiger partial charge in [0.15, 0.2) is 0 Å². The van der Waals surface area contributed by atoms with Crippen molar-refractivity contribution in [2.45, 2.75) is 17.3 Å². The van der Waals surface area contributed by atoms with Crippen molar-refractivity contribution < 1.29 is 0 Å². The van der Waals surface area contributed by atoms with E-state index in [-0.39, 0.29) is 0 Å². The van der Waals surface area contributed by atoms with Gasteiger partial charge >= 0.3 is 0 Å². The van der Waals surface area contributed by atoms with Crippen molar-refractivity contribution in [2.24, 2.45) is 0 Å². The second-order valence-electron chi connectivity index (χ2n) is 1.63. The van der Waals surface area contributed by atoms with E-state index in [0.717, 1.165) is 6.42 Å². The van der Waals surface area contributed by atoms with Crippen LogP contribution in [0.4, 0.5) is 0 Å². The standard InChI is InChI=1S/C7H11I/c1-3-4-5-6-7(2)8/h3,5-7H,1,4H2,2H3/b6-5-. The predicted octanol–water partition coefficient (Wildman–Crippen LogP) is 2.94. The van der Waals surface area contributed by atoms with Crippen molar-refractivity contribution in [1.29, 1.82) is 0 Å². The van der Waals surface area contributed by atoms with Gasteiger partial charge < -0.3 is 0 Å². The Bertz CT molecular complexity index is 82.4. The van der Waals surface area contributed by atoms with Gasteiger partial charge in [0.2, 0.25) is 0 Å². The van der Waals surface area contributed by atoms with E-state index in [1.165, 1.54) is 0 Å². The molecule has 1 unspecified atom stereocenters. The molecule has 0 nitrogen and oxygen atoms in total. The third kappa shape index (κ3) is 6.21. The van der Waals surface area contributed by atoms with Crippen LogP contribution in [0.2, 0.25) is 0 Å². The van der Waals surface area contributed by atoms with Gasteiger partial charge in [-0.25, -0.2) is 0 Å². The lowest BCUT2D eigenvalue weighted by molar-refractivity contribution is 1.26. The first-order chi connectivity index (χ1) is 3.77. The number of rotatable bonds is 3. The Hall–Kier alpha value is 0.210. The zero-order valence-electron chi connectivity index (χ0n) is 5.10. The van der Waals surface area contributed by atoms with Crippen molar-refractivity contribution in [3.63, 3.8) is 0 Å². The van der Waals surface area contributed by atoms with E-state index >= 15 is 0 Å². The Balaban J connectivity index is 3.19. The third-order valence-electron chi connectivity index (χ3n) is 0.704. The van der Waals surface area contributed by atoms with E-state index < -0.39 is 0 Å². The van der Waals surface area contributed by atoms with Crippen LogP contribution >= 0.6 is 22.6 Å². The van der Waals surface area contributed by atoms with Crippen molar-refractivity contribution >= 4 is 22.6 Å². The lowest BCUT2D eigenvalue weighted by Crippen LogP contribution is -1.77. The lowest BCUT2D eigenvalue weighted by Gasteiger charge is -1.87. The first kappa shape index (κ1) is 8.21. The Morgan fingerprint density at radius 1 is 1.75 bits per heavy atom. The number of allylic oxidation sites excluding steroid dienone is 3. The average molecular weight is 222 g/mol. The molecule has 0 amide bonds. The van der Waals surface area contributed by atoms with Gasteiger partial charge in [0.25, 0.3) is 0 Å². The van der Waals surface area contributed by atoms with E-state index in [2.05, 4.69) is 48.2 Å². The molecule has 0 aliphatic carbocycles. The van der Waals surface area contributed by atoms with Crippen LogP contribution < -0.4 is 0 Å². The van der Waals surface area contributed by atoms with E-state index in [1.54, 1.807) is 0 Å². The molecular weight excluding hydrogens is 211 g/mol. The van der Waals surface area contributed by atoms with Crippen molar-refractivity contribution in [3.05, 3.63) is 24.8 Å². The fourth-order valence-electron chi connectivity index (χ4n) is 0.362. The van der Waals surface area contributed by atoms with Crippen molar-refractivity contribution in [1.82, 2.24) is 0 Å². The van der Waals surface area contributed by atoms with Crippen LogP contribution in [-0.4, -0.2) is 3.92 Å². The summed E-state index contributed by atoms with van der Waals surface area (Å²) in [5.41, 5.74) is 0. The van der Waals surface area contributed by atoms with Crippen LogP contribution in [0.15, 0.2) is 24.8 Å². The molecule has 0 saturated carbocycles. The molecule has 1 atom stereocenters. The lowest BCUT2D eigenvalue weighted by atomic mass is 10.3. The summed E-state index contributed by atoms with van der Waals surface area (Å²) < 4.78 is 0.646. The Morgan fingerprint density at radius 3 is 2.75 bits per heavy atom. The molecule has 0 aromatic rings. The monoisotopic (exact) mass is 222 g/mol. The second kappa shape index (κ2) is 5.35. The first-order valence-corrected chi connectivity index (χ1v) is 3.93. The number of hydrogen-bond donors (Lipinski definition) is 0. The summed E-state index contributed by atoms with van der Waals surface area (Å²) in [4.78, 5) is 0. The molecule has 0 aliphatic rings. The van der Waals surface area contributed by atoms with Crippen LogP contribution in [0.3, 0.4) is 0 Å². The van der Waals surface area contributed by atoms with Gasteiger partial charge in [-0.3, -0.25) is 0 Å². The van der Waals surface area contributed by atoms with E-state index in [9.17, 15) is 0 Å². The van der Waals surface area contributed by atoms with Gasteiger partial charge in [-0.15, -0.1) is 6.58 Å². The van der Waals surface area contributed by atoms with E-state index in [1.807, 2.05) is 6.08 Å². The minimum Gasteiger partial charge on any atom is -0.103 e. The van der Waals surface area contributed by atoms with Gasteiger partial charge in [0, 0.05) is 3.92 Å². The summed E-state index contributed by atoms with van der Waals surface area (Å²) >= 11 is 2.36. The summed E-state index contributed by atoms with van der Waals surface area (Å²) in [5, 5.41) is 0. The maximum Gasteiger partial charge on any atom is 0.0261 e. The normalized spacial score (nSPS) is 14.2. The smallest absolute Gasteiger partial charge is 0.0261 e. The van der Waals surface area contributed by atoms with Crippen LogP contribution in [0.1, 0.15) is 13.3 Å². The van der Waals surface area contributed by atoms with Gasteiger partial charge in [-0.2, -0.15) is 0 Å². The van der Waals surface area contributed by atoms with E-state index in [0.29, 0.717) is 3.92 Å². The third-order valence-corrected chi connectivity index (χ3v) is 1.12. The van der Waals surface area contributed by atoms with Crippen LogP contribution in [0.25, 0.3) is 0 Å². The predicted molar refractivity (Wildman–Crippen MR) is 47.4 cm³/mol. The zero-order chi connectivity index (χ0) is 6.41. The highest BCUT2D eigenvalue weighted by atomic mass is 127. The van der Waals surface area contributed by atoms with E-state index in [4.69, 9.17) is 0 Å². The number of alkyl halides is 1. The Labute approximate surface area is 64.8 Å². The average Bonchev–Trinajstić information content (AvgIpc) is 1.66. The van der Waals surface area contributed by atoms with Gasteiger partial charge in [0.1, 0.15) is 0 Å². The van der Waals surface area contributed by atoms with Crippen LogP contribution in [-0.2, 0) is 0 Å². The molecule has 0 aliphatic heterocycles. The van der Waals surface area contributed by atoms with Gasteiger partial charge in [-0.1, -0.05) is 40.8 Å². The minimum atomic E-state index is 0.646. The summed E-state index contributed by atoms with van der Waals surface area (Å²) in [7, 11) is 0. The van der Waals surface area contributed by atoms with Gasteiger partial charge in [0.05, 0.1) is 0 Å². The maximum atomic E-state index is 3.60. The molecular formula is C7H11I. The van der Waals surface area contributed by atoms with Crippen LogP contribution in [0, 0.1) is 0 Å². The minimum absolute atomic E-state index is 0.646. The first-order valence-electron chi connectivity index (χ1n) is 2.69. The quantitative estimate of drug-likeness (QED) is 0.391. The fraction of sp³-hybridized carbons (Fsp3) is 0.429. The Kier molecular flexibility index (Phi) is 5.49. The highest BCUT2D eigenvalue weighted by molar-refractivity contribution is 14.1. The molecule has 0 aromatic heterocycles. The molecule has 0 fully saturated rings. The zero-order valence-corrected chi connectivity index (χ0v) is 7.26. The number of hydrogen-bond acceptors (Lipinski definition) is 0. The molecule has 0 spiro atoms. The molecule has 0 heterocycles. The topological polar surface area (TPSA) is 0 Å². The highest BCUT2D eigenvalue weighted by Gasteiger charge is 1.81. The molecule has 0 radical (unpaired) electrons. The second-order valence-corrected chi connectivity index (χ2v) is 3.59. The van der Waals surface area contributed by atoms with Crippen LogP contribution in [0.5, 0.6) is 0 Å². The molecule has 0 bridgehead atoms. The number of halogens is 1. The van der Waals surface area contributed by atoms with Crippen molar-refractivity contribution in [3.8, 4) is 0 Å². The maximum absolute atomic E-state index is 3.60. The largest absolute Gasteiger partial charge is 0.103 e. The molecule has 0 N–H and O–H groups in total. The molecule has 46 valence electrons.